The average molecular weight is 440 g/mol. The highest BCUT2D eigenvalue weighted by molar-refractivity contribution is 5.89. The standard InChI is InChI=1S/C28H29N3O2/c1-4-21-11-14-26-23(15-21)16-24(27(32)30-26)18-31(17-22-9-5-19(2)6-10-22)28(33)29-25-12-7-20(3)8-13-25/h5-16H,4,17-18H2,1-3H3,(H,29,33)(H,30,32). The first-order valence-electron chi connectivity index (χ1n) is 11.2. The molecule has 0 saturated carbocycles. The van der Waals surface area contributed by atoms with Gasteiger partial charge in [0.2, 0.25) is 0 Å². The number of aromatic amines is 1. The van der Waals surface area contributed by atoms with Crippen LogP contribution < -0.4 is 10.9 Å². The normalized spacial score (nSPS) is 10.9. The maximum Gasteiger partial charge on any atom is 0.322 e. The van der Waals surface area contributed by atoms with Crippen molar-refractivity contribution in [3.05, 3.63) is 111 Å². The molecule has 0 aliphatic heterocycles. The highest BCUT2D eigenvalue weighted by atomic mass is 16.2. The fraction of sp³-hybridized carbons (Fsp3) is 0.214. The van der Waals surface area contributed by atoms with Crippen molar-refractivity contribution in [3.63, 3.8) is 0 Å². The zero-order chi connectivity index (χ0) is 23.4. The number of amides is 2. The third-order valence-corrected chi connectivity index (χ3v) is 5.84. The van der Waals surface area contributed by atoms with Crippen molar-refractivity contribution >= 4 is 22.6 Å². The molecule has 0 spiro atoms. The monoisotopic (exact) mass is 439 g/mol. The second-order valence-electron chi connectivity index (χ2n) is 8.54. The lowest BCUT2D eigenvalue weighted by molar-refractivity contribution is 0.206. The minimum atomic E-state index is -0.249. The first kappa shape index (κ1) is 22.3. The molecular formula is C28H29N3O2. The second-order valence-corrected chi connectivity index (χ2v) is 8.54. The van der Waals surface area contributed by atoms with Crippen LogP contribution in [0.3, 0.4) is 0 Å². The molecule has 5 nitrogen and oxygen atoms in total. The molecule has 3 aromatic carbocycles. The van der Waals surface area contributed by atoms with E-state index in [-0.39, 0.29) is 18.1 Å². The second kappa shape index (κ2) is 9.74. The Morgan fingerprint density at radius 1 is 0.848 bits per heavy atom. The van der Waals surface area contributed by atoms with E-state index in [1.165, 1.54) is 5.56 Å². The predicted octanol–water partition coefficient (Wildman–Crippen LogP) is 5.94. The highest BCUT2D eigenvalue weighted by Crippen LogP contribution is 2.18. The van der Waals surface area contributed by atoms with E-state index in [1.807, 2.05) is 80.6 Å². The van der Waals surface area contributed by atoms with E-state index in [1.54, 1.807) is 4.90 Å². The van der Waals surface area contributed by atoms with Gasteiger partial charge in [-0.05, 0) is 67.1 Å². The molecule has 0 radical (unpaired) electrons. The van der Waals surface area contributed by atoms with Crippen molar-refractivity contribution < 1.29 is 4.79 Å². The number of carbonyl (C=O) groups is 1. The Morgan fingerprint density at radius 2 is 1.48 bits per heavy atom. The third kappa shape index (κ3) is 5.50. The number of fused-ring (bicyclic) bond motifs is 1. The van der Waals surface area contributed by atoms with Gasteiger partial charge in [-0.15, -0.1) is 0 Å². The molecule has 0 unspecified atom stereocenters. The van der Waals surface area contributed by atoms with E-state index < -0.39 is 0 Å². The van der Waals surface area contributed by atoms with Crippen molar-refractivity contribution in [2.45, 2.75) is 40.3 Å². The van der Waals surface area contributed by atoms with Crippen molar-refractivity contribution in [2.24, 2.45) is 0 Å². The van der Waals surface area contributed by atoms with Crippen LogP contribution in [0.15, 0.2) is 77.6 Å². The molecule has 5 heteroatoms. The van der Waals surface area contributed by atoms with Crippen molar-refractivity contribution in [1.29, 1.82) is 0 Å². The largest absolute Gasteiger partial charge is 0.322 e. The number of nitrogens with one attached hydrogen (secondary N) is 2. The number of hydrogen-bond donors (Lipinski definition) is 2. The highest BCUT2D eigenvalue weighted by Gasteiger charge is 2.17. The Hall–Kier alpha value is -3.86. The van der Waals surface area contributed by atoms with E-state index in [2.05, 4.69) is 23.3 Å². The van der Waals surface area contributed by atoms with Crippen molar-refractivity contribution in [3.8, 4) is 0 Å². The number of hydrogen-bond acceptors (Lipinski definition) is 2. The maximum absolute atomic E-state index is 13.3. The van der Waals surface area contributed by atoms with Crippen LogP contribution in [0.4, 0.5) is 10.5 Å². The summed E-state index contributed by atoms with van der Waals surface area (Å²) in [5, 5.41) is 3.94. The van der Waals surface area contributed by atoms with E-state index in [0.29, 0.717) is 12.1 Å². The average Bonchev–Trinajstić information content (AvgIpc) is 2.81. The first-order valence-corrected chi connectivity index (χ1v) is 11.2. The van der Waals surface area contributed by atoms with Gasteiger partial charge in [0.05, 0.1) is 6.54 Å². The topological polar surface area (TPSA) is 65.2 Å². The summed E-state index contributed by atoms with van der Waals surface area (Å²) in [4.78, 5) is 30.7. The summed E-state index contributed by atoms with van der Waals surface area (Å²) in [6.45, 7) is 6.74. The number of aromatic nitrogens is 1. The molecule has 0 fully saturated rings. The van der Waals surface area contributed by atoms with E-state index >= 15 is 0 Å². The lowest BCUT2D eigenvalue weighted by Crippen LogP contribution is -2.35. The number of urea groups is 1. The summed E-state index contributed by atoms with van der Waals surface area (Å²) >= 11 is 0. The molecule has 168 valence electrons. The number of rotatable bonds is 6. The molecule has 2 amide bonds. The fourth-order valence-electron chi connectivity index (χ4n) is 3.80. The van der Waals surface area contributed by atoms with Gasteiger partial charge in [-0.3, -0.25) is 4.79 Å². The van der Waals surface area contributed by atoms with Gasteiger partial charge in [0.25, 0.3) is 5.56 Å². The molecule has 4 rings (SSSR count). The van der Waals surface area contributed by atoms with Crippen molar-refractivity contribution in [1.82, 2.24) is 9.88 Å². The number of nitrogens with zero attached hydrogens (tertiary/aromatic N) is 1. The van der Waals surface area contributed by atoms with Crippen LogP contribution in [-0.2, 0) is 19.5 Å². The van der Waals surface area contributed by atoms with Gasteiger partial charge in [-0.1, -0.05) is 60.5 Å². The van der Waals surface area contributed by atoms with Crippen LogP contribution in [-0.4, -0.2) is 15.9 Å². The number of H-pyrrole nitrogens is 1. The van der Waals surface area contributed by atoms with E-state index in [0.717, 1.165) is 39.7 Å². The van der Waals surface area contributed by atoms with Crippen LogP contribution in [0.2, 0.25) is 0 Å². The van der Waals surface area contributed by atoms with Crippen LogP contribution in [0.1, 0.15) is 34.7 Å². The van der Waals surface area contributed by atoms with Gasteiger partial charge >= 0.3 is 6.03 Å². The van der Waals surface area contributed by atoms with Gasteiger partial charge in [0, 0.05) is 23.3 Å². The summed E-state index contributed by atoms with van der Waals surface area (Å²) in [5.41, 5.74) is 6.39. The third-order valence-electron chi connectivity index (χ3n) is 5.84. The molecule has 0 bridgehead atoms. The zero-order valence-corrected chi connectivity index (χ0v) is 19.3. The number of anilines is 1. The molecule has 0 aliphatic rings. The van der Waals surface area contributed by atoms with Crippen LogP contribution in [0.5, 0.6) is 0 Å². The molecular weight excluding hydrogens is 410 g/mol. The Morgan fingerprint density at radius 3 is 2.15 bits per heavy atom. The molecule has 2 N–H and O–H groups in total. The van der Waals surface area contributed by atoms with E-state index in [9.17, 15) is 9.59 Å². The molecule has 1 heterocycles. The molecule has 1 aromatic heterocycles. The number of pyridine rings is 1. The Bertz CT molecular complexity index is 1320. The minimum Gasteiger partial charge on any atom is -0.322 e. The van der Waals surface area contributed by atoms with Gasteiger partial charge in [-0.2, -0.15) is 0 Å². The van der Waals surface area contributed by atoms with Gasteiger partial charge in [0.1, 0.15) is 0 Å². The number of benzene rings is 3. The summed E-state index contributed by atoms with van der Waals surface area (Å²) in [6.07, 6.45) is 0.920. The fourth-order valence-corrected chi connectivity index (χ4v) is 3.80. The van der Waals surface area contributed by atoms with Crippen molar-refractivity contribution in [2.75, 3.05) is 5.32 Å². The predicted molar refractivity (Wildman–Crippen MR) is 135 cm³/mol. The summed E-state index contributed by atoms with van der Waals surface area (Å²) in [5.74, 6) is 0. The van der Waals surface area contributed by atoms with Gasteiger partial charge < -0.3 is 15.2 Å². The van der Waals surface area contributed by atoms with E-state index in [4.69, 9.17) is 0 Å². The number of carbonyl (C=O) groups excluding carboxylic acids is 1. The molecule has 4 aromatic rings. The minimum absolute atomic E-state index is 0.177. The Labute approximate surface area is 194 Å². The smallest absolute Gasteiger partial charge is 0.322 e. The summed E-state index contributed by atoms with van der Waals surface area (Å²) in [7, 11) is 0. The van der Waals surface area contributed by atoms with Crippen LogP contribution in [0.25, 0.3) is 10.9 Å². The van der Waals surface area contributed by atoms with Crippen LogP contribution >= 0.6 is 0 Å². The SMILES string of the molecule is CCc1ccc2[nH]c(=O)c(CN(Cc3ccc(C)cc3)C(=O)Nc3ccc(C)cc3)cc2c1. The van der Waals surface area contributed by atoms with Gasteiger partial charge in [0.15, 0.2) is 0 Å². The quantitative estimate of drug-likeness (QED) is 0.390. The zero-order valence-electron chi connectivity index (χ0n) is 19.3. The Balaban J connectivity index is 1.65. The molecule has 33 heavy (non-hydrogen) atoms. The lowest BCUT2D eigenvalue weighted by atomic mass is 10.1. The van der Waals surface area contributed by atoms with Gasteiger partial charge in [-0.25, -0.2) is 4.79 Å². The number of aryl methyl sites for hydroxylation is 3. The summed E-state index contributed by atoms with van der Waals surface area (Å²) < 4.78 is 0. The summed E-state index contributed by atoms with van der Waals surface area (Å²) in [6, 6.07) is 23.5. The first-order chi connectivity index (χ1) is 15.9. The molecule has 0 saturated heterocycles. The lowest BCUT2D eigenvalue weighted by Gasteiger charge is -2.23. The van der Waals surface area contributed by atoms with Crippen LogP contribution in [0, 0.1) is 13.8 Å². The Kier molecular flexibility index (Phi) is 6.59. The molecule has 0 aliphatic carbocycles. The molecule has 0 atom stereocenters. The maximum atomic E-state index is 13.3.